The zero-order valence-electron chi connectivity index (χ0n) is 44.1. The minimum absolute atomic E-state index is 0.252. The fourth-order valence-corrected chi connectivity index (χ4v) is 9.85. The molecule has 7 N–H and O–H groups in total. The molecule has 0 aromatic heterocycles. The third-order valence-electron chi connectivity index (χ3n) is 14.6. The molecular formula is C57H113NO9. The van der Waals surface area contributed by atoms with Gasteiger partial charge in [-0.15, -0.1) is 0 Å². The van der Waals surface area contributed by atoms with Crippen molar-refractivity contribution in [3.05, 3.63) is 0 Å². The zero-order chi connectivity index (χ0) is 48.8. The van der Waals surface area contributed by atoms with Crippen molar-refractivity contribution in [1.82, 2.24) is 5.32 Å². The predicted octanol–water partition coefficient (Wildman–Crippen LogP) is 13.2. The highest BCUT2D eigenvalue weighted by molar-refractivity contribution is 5.76. The topological polar surface area (TPSA) is 169 Å². The second kappa shape index (κ2) is 47.5. The van der Waals surface area contributed by atoms with E-state index in [0.717, 1.165) is 44.9 Å². The fourth-order valence-electron chi connectivity index (χ4n) is 9.85. The first-order valence-electron chi connectivity index (χ1n) is 29.3. The average molecular weight is 957 g/mol. The molecule has 0 aromatic rings. The van der Waals surface area contributed by atoms with E-state index in [-0.39, 0.29) is 18.9 Å². The van der Waals surface area contributed by atoms with E-state index in [2.05, 4.69) is 19.2 Å². The lowest BCUT2D eigenvalue weighted by molar-refractivity contribution is -0.303. The van der Waals surface area contributed by atoms with E-state index < -0.39 is 55.6 Å². The lowest BCUT2D eigenvalue weighted by atomic mass is 9.98. The first kappa shape index (κ1) is 64.2. The second-order valence-electron chi connectivity index (χ2n) is 20.9. The zero-order valence-corrected chi connectivity index (χ0v) is 44.1. The van der Waals surface area contributed by atoms with Gasteiger partial charge in [0.1, 0.15) is 30.5 Å². The van der Waals surface area contributed by atoms with Crippen molar-refractivity contribution in [2.45, 2.75) is 345 Å². The van der Waals surface area contributed by atoms with Gasteiger partial charge in [-0.2, -0.15) is 0 Å². The van der Waals surface area contributed by atoms with Crippen molar-refractivity contribution < 1.29 is 44.9 Å². The van der Waals surface area contributed by atoms with Crippen LogP contribution in [-0.4, -0.2) is 98.7 Å². The summed E-state index contributed by atoms with van der Waals surface area (Å²) in [4.78, 5) is 13.1. The summed E-state index contributed by atoms with van der Waals surface area (Å²) in [7, 11) is 0. The Morgan fingerprint density at radius 2 is 0.776 bits per heavy atom. The number of hydrogen-bond donors (Lipinski definition) is 7. The van der Waals surface area contributed by atoms with Gasteiger partial charge >= 0.3 is 0 Å². The normalized spacial score (nSPS) is 20.0. The van der Waals surface area contributed by atoms with Gasteiger partial charge in [-0.3, -0.25) is 4.79 Å². The summed E-state index contributed by atoms with van der Waals surface area (Å²) in [6, 6.07) is -0.985. The molecule has 2 unspecified atom stereocenters. The Morgan fingerprint density at radius 3 is 1.10 bits per heavy atom. The van der Waals surface area contributed by atoms with Crippen molar-refractivity contribution in [2.24, 2.45) is 0 Å². The summed E-state index contributed by atoms with van der Waals surface area (Å²) in [5.41, 5.74) is 0. The van der Waals surface area contributed by atoms with E-state index in [0.29, 0.717) is 6.42 Å². The molecule has 1 saturated heterocycles. The van der Waals surface area contributed by atoms with Gasteiger partial charge in [-0.05, 0) is 12.8 Å². The van der Waals surface area contributed by atoms with E-state index in [9.17, 15) is 35.4 Å². The van der Waals surface area contributed by atoms with Crippen LogP contribution in [0.3, 0.4) is 0 Å². The summed E-state index contributed by atoms with van der Waals surface area (Å²) in [6.45, 7) is 3.63. The number of hydrogen-bond acceptors (Lipinski definition) is 9. The van der Waals surface area contributed by atoms with Gasteiger partial charge in [0.2, 0.25) is 5.91 Å². The van der Waals surface area contributed by atoms with Crippen LogP contribution in [0.1, 0.15) is 296 Å². The average Bonchev–Trinajstić information content (AvgIpc) is 3.33. The predicted molar refractivity (Wildman–Crippen MR) is 278 cm³/mol. The van der Waals surface area contributed by atoms with Gasteiger partial charge in [-0.1, -0.05) is 277 Å². The first-order valence-corrected chi connectivity index (χ1v) is 29.3. The van der Waals surface area contributed by atoms with Crippen LogP contribution in [0, 0.1) is 0 Å². The van der Waals surface area contributed by atoms with Crippen LogP contribution < -0.4 is 5.32 Å². The number of rotatable bonds is 51. The van der Waals surface area contributed by atoms with Gasteiger partial charge in [0.05, 0.1) is 25.4 Å². The van der Waals surface area contributed by atoms with Crippen molar-refractivity contribution in [2.75, 3.05) is 13.2 Å². The number of nitrogens with one attached hydrogen (secondary N) is 1. The molecule has 10 heteroatoms. The molecule has 1 heterocycles. The molecule has 1 rings (SSSR count). The van der Waals surface area contributed by atoms with Crippen LogP contribution in [-0.2, 0) is 14.3 Å². The van der Waals surface area contributed by atoms with Crippen LogP contribution in [0.15, 0.2) is 0 Å². The maximum Gasteiger partial charge on any atom is 0.220 e. The molecule has 400 valence electrons. The SMILES string of the molecule is CCCCCCCCCCCCCCCCCCCCCCCCCCCCCCCCCCC(=O)N[C@@H](CO[C@@H]1O[C@H](CO)[C@@H](O)C(O)C1O)[C@H](O)[C@H](O)CCCCCCCCCCCC. The van der Waals surface area contributed by atoms with E-state index in [4.69, 9.17) is 9.47 Å². The molecule has 1 aliphatic rings. The van der Waals surface area contributed by atoms with E-state index >= 15 is 0 Å². The molecule has 0 bridgehead atoms. The third kappa shape index (κ3) is 36.7. The van der Waals surface area contributed by atoms with Crippen LogP contribution in [0.4, 0.5) is 0 Å². The standard InChI is InChI=1S/C57H113NO9/c1-3-5-7-9-11-13-15-16-17-18-19-20-21-22-23-24-25-26-27-28-29-30-31-32-33-34-35-36-38-40-42-44-46-52(61)58-49(48-66-57-56(65)55(64)54(63)51(47-59)67-57)53(62)50(60)45-43-41-39-37-14-12-10-8-6-4-2/h49-51,53-57,59-60,62-65H,3-48H2,1-2H3,(H,58,61)/t49-,50+,51+,53-,54+,55?,56?,57+/m0/s1. The Labute approximate surface area is 413 Å². The number of carbonyl (C=O) groups excluding carboxylic acids is 1. The molecule has 1 fully saturated rings. The summed E-state index contributed by atoms with van der Waals surface area (Å²) in [6.07, 6.45) is 45.9. The summed E-state index contributed by atoms with van der Waals surface area (Å²) in [5.74, 6) is -0.252. The van der Waals surface area contributed by atoms with E-state index in [1.54, 1.807) is 0 Å². The highest BCUT2D eigenvalue weighted by atomic mass is 16.7. The van der Waals surface area contributed by atoms with Crippen molar-refractivity contribution >= 4 is 5.91 Å². The van der Waals surface area contributed by atoms with E-state index in [1.807, 2.05) is 0 Å². The van der Waals surface area contributed by atoms with Crippen molar-refractivity contribution in [1.29, 1.82) is 0 Å². The quantitative estimate of drug-likeness (QED) is 0.0293. The van der Waals surface area contributed by atoms with Crippen LogP contribution in [0.25, 0.3) is 0 Å². The second-order valence-corrected chi connectivity index (χ2v) is 20.9. The minimum Gasteiger partial charge on any atom is -0.394 e. The number of aliphatic hydroxyl groups excluding tert-OH is 6. The van der Waals surface area contributed by atoms with Crippen LogP contribution in [0.5, 0.6) is 0 Å². The maximum absolute atomic E-state index is 13.1. The lowest BCUT2D eigenvalue weighted by Crippen LogP contribution is -2.60. The van der Waals surface area contributed by atoms with Crippen LogP contribution in [0.2, 0.25) is 0 Å². The molecule has 1 aliphatic heterocycles. The maximum atomic E-state index is 13.1. The Morgan fingerprint density at radius 1 is 0.463 bits per heavy atom. The highest BCUT2D eigenvalue weighted by Gasteiger charge is 2.44. The van der Waals surface area contributed by atoms with Gasteiger partial charge in [0.15, 0.2) is 6.29 Å². The summed E-state index contributed by atoms with van der Waals surface area (Å²) < 4.78 is 11.2. The Hall–Kier alpha value is -0.850. The molecule has 0 spiro atoms. The largest absolute Gasteiger partial charge is 0.394 e. The molecule has 8 atom stereocenters. The molecule has 1 amide bonds. The smallest absolute Gasteiger partial charge is 0.220 e. The Balaban J connectivity index is 2.10. The van der Waals surface area contributed by atoms with Crippen molar-refractivity contribution in [3.8, 4) is 0 Å². The van der Waals surface area contributed by atoms with Crippen molar-refractivity contribution in [3.63, 3.8) is 0 Å². The van der Waals surface area contributed by atoms with Gasteiger partial charge < -0.3 is 45.4 Å². The van der Waals surface area contributed by atoms with Crippen LogP contribution >= 0.6 is 0 Å². The molecule has 0 saturated carbocycles. The Kier molecular flexibility index (Phi) is 45.5. The fraction of sp³-hybridized carbons (Fsp3) is 0.982. The molecule has 10 nitrogen and oxygen atoms in total. The number of carbonyl (C=O) groups is 1. The monoisotopic (exact) mass is 956 g/mol. The molecule has 67 heavy (non-hydrogen) atoms. The number of unbranched alkanes of at least 4 members (excludes halogenated alkanes) is 40. The van der Waals surface area contributed by atoms with Gasteiger partial charge in [0.25, 0.3) is 0 Å². The lowest BCUT2D eigenvalue weighted by Gasteiger charge is -2.40. The number of amides is 1. The number of aliphatic hydroxyl groups is 6. The van der Waals surface area contributed by atoms with E-state index in [1.165, 1.54) is 225 Å². The molecule has 0 aromatic carbocycles. The molecule has 0 aliphatic carbocycles. The molecule has 0 radical (unpaired) electrons. The summed E-state index contributed by atoms with van der Waals surface area (Å²) in [5, 5.41) is 65.3. The minimum atomic E-state index is -1.60. The Bertz CT molecular complexity index is 1040. The molecular weight excluding hydrogens is 843 g/mol. The third-order valence-corrected chi connectivity index (χ3v) is 14.6. The number of ether oxygens (including phenoxy) is 2. The van der Waals surface area contributed by atoms with Gasteiger partial charge in [0, 0.05) is 6.42 Å². The summed E-state index contributed by atoms with van der Waals surface area (Å²) >= 11 is 0. The first-order chi connectivity index (χ1) is 32.8. The highest BCUT2D eigenvalue weighted by Crippen LogP contribution is 2.24. The van der Waals surface area contributed by atoms with Gasteiger partial charge in [-0.25, -0.2) is 0 Å².